The summed E-state index contributed by atoms with van der Waals surface area (Å²) in [6.45, 7) is 3.31. The molecule has 1 saturated heterocycles. The molecule has 3 rings (SSSR count). The molecular weight excluding hydrogens is 396 g/mol. The van der Waals surface area contributed by atoms with Gasteiger partial charge in [0.1, 0.15) is 12.6 Å². The average Bonchev–Trinajstić information content (AvgIpc) is 3.00. The molecule has 1 amide bonds. The molecule has 0 aliphatic carbocycles. The van der Waals surface area contributed by atoms with E-state index in [1.807, 2.05) is 48.5 Å². The van der Waals surface area contributed by atoms with Crippen LogP contribution in [0.5, 0.6) is 0 Å². The van der Waals surface area contributed by atoms with Crippen LogP contribution in [0.3, 0.4) is 0 Å². The van der Waals surface area contributed by atoms with Gasteiger partial charge in [0.2, 0.25) is 0 Å². The SMILES string of the molecule is O=C1OC(COCc2ccccc2)CN1CCCC[n+]1ccccc1.[Br-]. The fraction of sp³-hybridized carbons (Fsp3) is 0.400. The van der Waals surface area contributed by atoms with Crippen LogP contribution in [-0.2, 0) is 22.6 Å². The van der Waals surface area contributed by atoms with E-state index in [2.05, 4.69) is 17.0 Å². The Kier molecular flexibility index (Phi) is 8.58. The summed E-state index contributed by atoms with van der Waals surface area (Å²) in [4.78, 5) is 13.7. The standard InChI is InChI=1S/C20H25N2O3.BrH/c23-20-22(14-8-7-13-21-11-5-2-6-12-21)15-19(25-20)17-24-16-18-9-3-1-4-10-18;/h1-6,9-12,19H,7-8,13-17H2;1H/q+1;/p-1. The number of amides is 1. The second-order valence-electron chi connectivity index (χ2n) is 6.27. The topological polar surface area (TPSA) is 42.7 Å². The van der Waals surface area contributed by atoms with Gasteiger partial charge in [-0.2, -0.15) is 0 Å². The van der Waals surface area contributed by atoms with Crippen LogP contribution in [0, 0.1) is 0 Å². The summed E-state index contributed by atoms with van der Waals surface area (Å²) in [6.07, 6.45) is 5.73. The third-order valence-electron chi connectivity index (χ3n) is 4.24. The number of benzene rings is 1. The number of unbranched alkanes of at least 4 members (excludes halogenated alkanes) is 1. The molecule has 0 saturated carbocycles. The Morgan fingerprint density at radius 3 is 2.58 bits per heavy atom. The van der Waals surface area contributed by atoms with Crippen LogP contribution >= 0.6 is 0 Å². The van der Waals surface area contributed by atoms with E-state index < -0.39 is 0 Å². The third kappa shape index (κ3) is 6.42. The molecule has 1 aliphatic heterocycles. The number of hydrogen-bond acceptors (Lipinski definition) is 3. The van der Waals surface area contributed by atoms with Gasteiger partial charge < -0.3 is 31.4 Å². The van der Waals surface area contributed by atoms with Crippen LogP contribution in [0.15, 0.2) is 60.9 Å². The fourth-order valence-electron chi connectivity index (χ4n) is 2.91. The largest absolute Gasteiger partial charge is 1.00 e. The van der Waals surface area contributed by atoms with Crippen molar-refractivity contribution < 1.29 is 35.8 Å². The Balaban J connectivity index is 0.00000243. The number of halogens is 1. The van der Waals surface area contributed by atoms with Gasteiger partial charge in [0.05, 0.1) is 19.8 Å². The molecule has 0 radical (unpaired) electrons. The predicted octanol–water partition coefficient (Wildman–Crippen LogP) is -0.204. The van der Waals surface area contributed by atoms with Gasteiger partial charge >= 0.3 is 6.09 Å². The molecule has 0 bridgehead atoms. The van der Waals surface area contributed by atoms with Crippen molar-refractivity contribution in [2.75, 3.05) is 19.7 Å². The van der Waals surface area contributed by atoms with Gasteiger partial charge in [-0.25, -0.2) is 9.36 Å². The van der Waals surface area contributed by atoms with Crippen LogP contribution in [0.2, 0.25) is 0 Å². The lowest BCUT2D eigenvalue weighted by Gasteiger charge is -2.12. The molecule has 1 atom stereocenters. The van der Waals surface area contributed by atoms with E-state index in [0.717, 1.165) is 31.5 Å². The zero-order valence-electron chi connectivity index (χ0n) is 14.8. The highest BCUT2D eigenvalue weighted by Crippen LogP contribution is 2.13. The number of hydrogen-bond donors (Lipinski definition) is 0. The van der Waals surface area contributed by atoms with Crippen LogP contribution in [0.4, 0.5) is 4.79 Å². The van der Waals surface area contributed by atoms with E-state index in [-0.39, 0.29) is 29.2 Å². The van der Waals surface area contributed by atoms with Crippen LogP contribution in [-0.4, -0.2) is 36.8 Å². The summed E-state index contributed by atoms with van der Waals surface area (Å²) >= 11 is 0. The first-order valence-electron chi connectivity index (χ1n) is 8.82. The highest BCUT2D eigenvalue weighted by atomic mass is 79.9. The van der Waals surface area contributed by atoms with E-state index in [1.165, 1.54) is 0 Å². The first kappa shape index (κ1) is 20.4. The van der Waals surface area contributed by atoms with Crippen molar-refractivity contribution in [3.63, 3.8) is 0 Å². The Bertz CT molecular complexity index is 655. The number of cyclic esters (lactones) is 1. The molecule has 1 unspecified atom stereocenters. The smallest absolute Gasteiger partial charge is 0.410 e. The van der Waals surface area contributed by atoms with Gasteiger partial charge in [-0.05, 0) is 12.0 Å². The van der Waals surface area contributed by atoms with E-state index in [9.17, 15) is 4.79 Å². The first-order valence-corrected chi connectivity index (χ1v) is 8.82. The minimum atomic E-state index is -0.222. The van der Waals surface area contributed by atoms with Crippen molar-refractivity contribution >= 4 is 6.09 Å². The molecule has 6 heteroatoms. The van der Waals surface area contributed by atoms with Gasteiger partial charge in [0, 0.05) is 25.1 Å². The maximum Gasteiger partial charge on any atom is 0.410 e. The van der Waals surface area contributed by atoms with Gasteiger partial charge in [0.15, 0.2) is 12.4 Å². The minimum absolute atomic E-state index is 0. The summed E-state index contributed by atoms with van der Waals surface area (Å²) in [6, 6.07) is 16.1. The zero-order chi connectivity index (χ0) is 17.3. The van der Waals surface area contributed by atoms with Gasteiger partial charge in [0.25, 0.3) is 0 Å². The van der Waals surface area contributed by atoms with Crippen molar-refractivity contribution in [3.05, 3.63) is 66.5 Å². The molecule has 140 valence electrons. The summed E-state index contributed by atoms with van der Waals surface area (Å²) in [5.74, 6) is 0. The molecule has 5 nitrogen and oxygen atoms in total. The number of aromatic nitrogens is 1. The predicted molar refractivity (Wildman–Crippen MR) is 93.8 cm³/mol. The molecule has 1 aromatic heterocycles. The monoisotopic (exact) mass is 420 g/mol. The van der Waals surface area contributed by atoms with Crippen molar-refractivity contribution in [1.82, 2.24) is 4.90 Å². The summed E-state index contributed by atoms with van der Waals surface area (Å²) in [5.41, 5.74) is 1.13. The summed E-state index contributed by atoms with van der Waals surface area (Å²) in [7, 11) is 0. The number of carbonyl (C=O) groups excluding carboxylic acids is 1. The number of aryl methyl sites for hydroxylation is 1. The van der Waals surface area contributed by atoms with Gasteiger partial charge in [-0.3, -0.25) is 0 Å². The van der Waals surface area contributed by atoms with Gasteiger partial charge in [-0.15, -0.1) is 0 Å². The normalized spacial score (nSPS) is 16.2. The van der Waals surface area contributed by atoms with Crippen LogP contribution in [0.1, 0.15) is 18.4 Å². The molecule has 1 aliphatic rings. The van der Waals surface area contributed by atoms with Crippen molar-refractivity contribution in [2.24, 2.45) is 0 Å². The Labute approximate surface area is 165 Å². The van der Waals surface area contributed by atoms with E-state index in [1.54, 1.807) is 4.90 Å². The van der Waals surface area contributed by atoms with Crippen molar-refractivity contribution in [1.29, 1.82) is 0 Å². The molecule has 0 N–H and O–H groups in total. The molecule has 1 fully saturated rings. The number of nitrogens with zero attached hydrogens (tertiary/aromatic N) is 2. The van der Waals surface area contributed by atoms with E-state index >= 15 is 0 Å². The molecule has 0 spiro atoms. The number of ether oxygens (including phenoxy) is 2. The number of carbonyl (C=O) groups is 1. The molecule has 2 aromatic rings. The summed E-state index contributed by atoms with van der Waals surface area (Å²) < 4.78 is 13.2. The molecule has 1 aromatic carbocycles. The highest BCUT2D eigenvalue weighted by Gasteiger charge is 2.30. The maximum atomic E-state index is 11.9. The Morgan fingerprint density at radius 1 is 1.08 bits per heavy atom. The summed E-state index contributed by atoms with van der Waals surface area (Å²) in [5, 5.41) is 0. The molecule has 2 heterocycles. The fourth-order valence-corrected chi connectivity index (χ4v) is 2.91. The van der Waals surface area contributed by atoms with E-state index in [4.69, 9.17) is 9.47 Å². The van der Waals surface area contributed by atoms with Crippen LogP contribution in [0.25, 0.3) is 0 Å². The molecular formula is C20H25BrN2O3. The Hall–Kier alpha value is -1.92. The van der Waals surface area contributed by atoms with Crippen molar-refractivity contribution in [3.8, 4) is 0 Å². The average molecular weight is 421 g/mol. The lowest BCUT2D eigenvalue weighted by atomic mass is 10.2. The highest BCUT2D eigenvalue weighted by molar-refractivity contribution is 5.69. The Morgan fingerprint density at radius 2 is 1.81 bits per heavy atom. The number of pyridine rings is 1. The van der Waals surface area contributed by atoms with Crippen LogP contribution < -0.4 is 21.5 Å². The lowest BCUT2D eigenvalue weighted by Crippen LogP contribution is -3.00. The zero-order valence-corrected chi connectivity index (χ0v) is 16.4. The van der Waals surface area contributed by atoms with E-state index in [0.29, 0.717) is 19.8 Å². The lowest BCUT2D eigenvalue weighted by molar-refractivity contribution is -0.697. The quantitative estimate of drug-likeness (QED) is 0.416. The molecule has 26 heavy (non-hydrogen) atoms. The maximum absolute atomic E-state index is 11.9. The first-order chi connectivity index (χ1) is 12.3. The third-order valence-corrected chi connectivity index (χ3v) is 4.24. The minimum Gasteiger partial charge on any atom is -1.00 e. The second kappa shape index (κ2) is 10.9. The van der Waals surface area contributed by atoms with Crippen molar-refractivity contribution in [2.45, 2.75) is 32.1 Å². The number of rotatable bonds is 9. The second-order valence-corrected chi connectivity index (χ2v) is 6.27. The van der Waals surface area contributed by atoms with Gasteiger partial charge in [-0.1, -0.05) is 36.4 Å².